The van der Waals surface area contributed by atoms with Crippen molar-refractivity contribution in [2.45, 2.75) is 24.9 Å². The molecule has 2 amide bonds. The Labute approximate surface area is 191 Å². The molecule has 0 atom stereocenters. The summed E-state index contributed by atoms with van der Waals surface area (Å²) < 4.78 is 38.6. The summed E-state index contributed by atoms with van der Waals surface area (Å²) in [6.45, 7) is 0.974. The van der Waals surface area contributed by atoms with Gasteiger partial charge in [0.15, 0.2) is 5.69 Å². The molecule has 0 bridgehead atoms. The van der Waals surface area contributed by atoms with Gasteiger partial charge in [-0.05, 0) is 36.6 Å². The number of benzene rings is 2. The van der Waals surface area contributed by atoms with Gasteiger partial charge in [0.05, 0.1) is 16.3 Å². The molecule has 0 radical (unpaired) electrons. The zero-order chi connectivity index (χ0) is 23.6. The summed E-state index contributed by atoms with van der Waals surface area (Å²) in [5, 5.41) is 14.2. The zero-order valence-electron chi connectivity index (χ0n) is 17.3. The summed E-state index contributed by atoms with van der Waals surface area (Å²) in [5.74, 6) is -0.951. The van der Waals surface area contributed by atoms with Crippen LogP contribution < -0.4 is 5.32 Å². The molecule has 6 nitrogen and oxygen atoms in total. The van der Waals surface area contributed by atoms with Crippen molar-refractivity contribution in [1.82, 2.24) is 9.88 Å². The SMILES string of the molecule is O=C(O)c1csc(C2CCN(C(=O)Nc3ccccc3-c3ccc(C(F)(F)F)cc3)CC2)n1. The Morgan fingerprint density at radius 1 is 1.06 bits per heavy atom. The molecule has 1 fully saturated rings. The predicted molar refractivity (Wildman–Crippen MR) is 119 cm³/mol. The van der Waals surface area contributed by atoms with E-state index >= 15 is 0 Å². The lowest BCUT2D eigenvalue weighted by atomic mass is 9.98. The van der Waals surface area contributed by atoms with Crippen molar-refractivity contribution in [1.29, 1.82) is 0 Å². The molecule has 0 aliphatic carbocycles. The number of aromatic nitrogens is 1. The number of carbonyl (C=O) groups excluding carboxylic acids is 1. The molecule has 1 aromatic heterocycles. The highest BCUT2D eigenvalue weighted by Crippen LogP contribution is 2.34. The molecule has 172 valence electrons. The highest BCUT2D eigenvalue weighted by molar-refractivity contribution is 7.09. The molecule has 33 heavy (non-hydrogen) atoms. The largest absolute Gasteiger partial charge is 0.476 e. The van der Waals surface area contributed by atoms with E-state index < -0.39 is 17.7 Å². The third kappa shape index (κ3) is 5.16. The first-order valence-corrected chi connectivity index (χ1v) is 11.1. The Hall–Kier alpha value is -3.40. The van der Waals surface area contributed by atoms with Crippen LogP contribution in [0.4, 0.5) is 23.7 Å². The number of halogens is 3. The van der Waals surface area contributed by atoms with Crippen molar-refractivity contribution in [3.05, 3.63) is 70.2 Å². The van der Waals surface area contributed by atoms with Crippen LogP contribution in [0, 0.1) is 0 Å². The van der Waals surface area contributed by atoms with Crippen molar-refractivity contribution in [2.24, 2.45) is 0 Å². The summed E-state index contributed by atoms with van der Waals surface area (Å²) in [7, 11) is 0. The molecule has 2 aromatic carbocycles. The number of carboxylic acid groups (broad SMARTS) is 1. The topological polar surface area (TPSA) is 82.5 Å². The third-order valence-electron chi connectivity index (χ3n) is 5.56. The molecule has 1 saturated heterocycles. The first-order valence-electron chi connectivity index (χ1n) is 10.2. The molecular weight excluding hydrogens is 455 g/mol. The normalized spacial score (nSPS) is 14.8. The summed E-state index contributed by atoms with van der Waals surface area (Å²) >= 11 is 1.32. The van der Waals surface area contributed by atoms with E-state index in [1.807, 2.05) is 0 Å². The first kappa shape index (κ1) is 22.8. The van der Waals surface area contributed by atoms with Crippen molar-refractivity contribution in [3.8, 4) is 11.1 Å². The minimum absolute atomic E-state index is 0.0371. The van der Waals surface area contributed by atoms with E-state index in [1.54, 1.807) is 29.2 Å². The van der Waals surface area contributed by atoms with Gasteiger partial charge in [-0.3, -0.25) is 0 Å². The van der Waals surface area contributed by atoms with Crippen LogP contribution >= 0.6 is 11.3 Å². The second kappa shape index (κ2) is 9.22. The molecule has 1 aliphatic heterocycles. The molecule has 2 N–H and O–H groups in total. The van der Waals surface area contributed by atoms with Crippen molar-refractivity contribution < 1.29 is 27.9 Å². The number of aromatic carboxylic acids is 1. The van der Waals surface area contributed by atoms with E-state index in [4.69, 9.17) is 5.11 Å². The monoisotopic (exact) mass is 475 g/mol. The number of thiazole rings is 1. The van der Waals surface area contributed by atoms with Crippen LogP contribution in [0.1, 0.15) is 39.8 Å². The maximum absolute atomic E-state index is 12.9. The Kier molecular flexibility index (Phi) is 6.37. The number of anilines is 1. The fourth-order valence-electron chi connectivity index (χ4n) is 3.78. The summed E-state index contributed by atoms with van der Waals surface area (Å²) in [5.41, 5.74) is 1.01. The van der Waals surface area contributed by atoms with Crippen molar-refractivity contribution >= 4 is 29.0 Å². The lowest BCUT2D eigenvalue weighted by molar-refractivity contribution is -0.137. The van der Waals surface area contributed by atoms with E-state index in [0.29, 0.717) is 42.7 Å². The number of para-hydroxylation sites is 1. The average molecular weight is 475 g/mol. The fraction of sp³-hybridized carbons (Fsp3) is 0.261. The highest BCUT2D eigenvalue weighted by atomic mass is 32.1. The van der Waals surface area contributed by atoms with Gasteiger partial charge in [0.25, 0.3) is 0 Å². The lowest BCUT2D eigenvalue weighted by Gasteiger charge is -2.31. The maximum Gasteiger partial charge on any atom is 0.416 e. The standard InChI is InChI=1S/C23H20F3N3O3S/c24-23(25,26)16-7-5-14(6-8-16)17-3-1-2-4-18(17)28-22(32)29-11-9-15(10-12-29)20-27-19(13-33-20)21(30)31/h1-8,13,15H,9-12H2,(H,28,32)(H,30,31). The van der Waals surface area contributed by atoms with Crippen LogP contribution in [0.3, 0.4) is 0 Å². The van der Waals surface area contributed by atoms with Gasteiger partial charge in [-0.15, -0.1) is 11.3 Å². The molecule has 4 rings (SSSR count). The van der Waals surface area contributed by atoms with Crippen molar-refractivity contribution in [3.63, 3.8) is 0 Å². The number of alkyl halides is 3. The van der Waals surface area contributed by atoms with E-state index in [2.05, 4.69) is 10.3 Å². The predicted octanol–water partition coefficient (Wildman–Crippen LogP) is 5.94. The second-order valence-corrected chi connectivity index (χ2v) is 8.58. The van der Waals surface area contributed by atoms with E-state index in [1.165, 1.54) is 28.8 Å². The third-order valence-corrected chi connectivity index (χ3v) is 6.57. The number of nitrogens with zero attached hydrogens (tertiary/aromatic N) is 2. The van der Waals surface area contributed by atoms with Gasteiger partial charge in [-0.1, -0.05) is 30.3 Å². The maximum atomic E-state index is 12.9. The van der Waals surface area contributed by atoms with Crippen LogP contribution in [0.2, 0.25) is 0 Å². The molecule has 0 spiro atoms. The molecule has 10 heteroatoms. The number of nitrogens with one attached hydrogen (secondary N) is 1. The number of amides is 2. The number of carboxylic acids is 1. The smallest absolute Gasteiger partial charge is 0.416 e. The number of urea groups is 1. The summed E-state index contributed by atoms with van der Waals surface area (Å²) in [4.78, 5) is 29.7. The lowest BCUT2D eigenvalue weighted by Crippen LogP contribution is -2.40. The number of rotatable bonds is 4. The molecule has 3 aromatic rings. The Bertz CT molecular complexity index is 1150. The van der Waals surface area contributed by atoms with Gasteiger partial charge in [-0.25, -0.2) is 14.6 Å². The fourth-order valence-corrected chi connectivity index (χ4v) is 4.74. The van der Waals surface area contributed by atoms with Crippen LogP contribution in [0.5, 0.6) is 0 Å². The molecule has 2 heterocycles. The van der Waals surface area contributed by atoms with Crippen LogP contribution in [-0.4, -0.2) is 40.1 Å². The van der Waals surface area contributed by atoms with Crippen LogP contribution in [0.15, 0.2) is 53.9 Å². The summed E-state index contributed by atoms with van der Waals surface area (Å²) in [6, 6.07) is 11.5. The first-order chi connectivity index (χ1) is 15.7. The van der Waals surface area contributed by atoms with Gasteiger partial charge in [0, 0.05) is 30.0 Å². The quantitative estimate of drug-likeness (QED) is 0.489. The second-order valence-electron chi connectivity index (χ2n) is 7.69. The summed E-state index contributed by atoms with van der Waals surface area (Å²) in [6.07, 6.45) is -3.08. The number of piperidine rings is 1. The molecule has 0 saturated carbocycles. The Morgan fingerprint density at radius 3 is 2.33 bits per heavy atom. The number of carbonyl (C=O) groups is 2. The van der Waals surface area contributed by atoms with E-state index in [0.717, 1.165) is 17.1 Å². The Morgan fingerprint density at radius 2 is 1.73 bits per heavy atom. The number of hydrogen-bond acceptors (Lipinski definition) is 4. The molecule has 1 aliphatic rings. The van der Waals surface area contributed by atoms with E-state index in [9.17, 15) is 22.8 Å². The zero-order valence-corrected chi connectivity index (χ0v) is 18.1. The van der Waals surface area contributed by atoms with E-state index in [-0.39, 0.29) is 17.6 Å². The van der Waals surface area contributed by atoms with Crippen LogP contribution in [0.25, 0.3) is 11.1 Å². The van der Waals surface area contributed by atoms with Gasteiger partial charge in [0.1, 0.15) is 0 Å². The van der Waals surface area contributed by atoms with Gasteiger partial charge < -0.3 is 15.3 Å². The van der Waals surface area contributed by atoms with Gasteiger partial charge in [-0.2, -0.15) is 13.2 Å². The number of likely N-dealkylation sites (tertiary alicyclic amines) is 1. The number of hydrogen-bond donors (Lipinski definition) is 2. The average Bonchev–Trinajstić information content (AvgIpc) is 3.30. The highest BCUT2D eigenvalue weighted by Gasteiger charge is 2.30. The molecular formula is C23H20F3N3O3S. The van der Waals surface area contributed by atoms with Gasteiger partial charge >= 0.3 is 18.2 Å². The van der Waals surface area contributed by atoms with Crippen molar-refractivity contribution in [2.75, 3.05) is 18.4 Å². The van der Waals surface area contributed by atoms with Gasteiger partial charge in [0.2, 0.25) is 0 Å². The van der Waals surface area contributed by atoms with Crippen LogP contribution in [-0.2, 0) is 6.18 Å². The minimum Gasteiger partial charge on any atom is -0.476 e. The molecule has 0 unspecified atom stereocenters. The minimum atomic E-state index is -4.41. The Balaban J connectivity index is 1.42.